The Morgan fingerprint density at radius 3 is 2.90 bits per heavy atom. The van der Waals surface area contributed by atoms with Crippen LogP contribution in [0.5, 0.6) is 5.88 Å². The first-order valence-corrected chi connectivity index (χ1v) is 7.15. The summed E-state index contributed by atoms with van der Waals surface area (Å²) in [5.74, 6) is -0.163. The standard InChI is InChI=1S/C15H24N2O4/c1-4-5-9-21-13-12(7-6-8-16-13)10-17-14(19)15(3,20)11(2)18/h6-8,11,18,20H,4-5,9-10H2,1-3H3,(H,17,19). The van der Waals surface area contributed by atoms with Crippen molar-refractivity contribution in [3.63, 3.8) is 0 Å². The Morgan fingerprint density at radius 1 is 1.57 bits per heavy atom. The van der Waals surface area contributed by atoms with Crippen molar-refractivity contribution in [2.45, 2.75) is 51.9 Å². The molecule has 3 N–H and O–H groups in total. The van der Waals surface area contributed by atoms with Gasteiger partial charge in [-0.15, -0.1) is 0 Å². The summed E-state index contributed by atoms with van der Waals surface area (Å²) >= 11 is 0. The second kappa shape index (κ2) is 7.95. The average molecular weight is 296 g/mol. The van der Waals surface area contributed by atoms with Crippen LogP contribution in [-0.2, 0) is 11.3 Å². The number of carbonyl (C=O) groups is 1. The number of aliphatic hydroxyl groups is 2. The third-order valence-corrected chi connectivity index (χ3v) is 3.30. The molecule has 6 heteroatoms. The van der Waals surface area contributed by atoms with Crippen molar-refractivity contribution in [1.29, 1.82) is 0 Å². The summed E-state index contributed by atoms with van der Waals surface area (Å²) in [7, 11) is 0. The van der Waals surface area contributed by atoms with E-state index in [1.807, 2.05) is 0 Å². The van der Waals surface area contributed by atoms with Gasteiger partial charge in [0, 0.05) is 18.3 Å². The fraction of sp³-hybridized carbons (Fsp3) is 0.600. The molecule has 1 aromatic heterocycles. The van der Waals surface area contributed by atoms with Gasteiger partial charge in [-0.25, -0.2) is 4.98 Å². The lowest BCUT2D eigenvalue weighted by atomic mass is 9.99. The molecule has 6 nitrogen and oxygen atoms in total. The fourth-order valence-corrected chi connectivity index (χ4v) is 1.55. The molecule has 21 heavy (non-hydrogen) atoms. The molecule has 2 atom stereocenters. The first-order valence-electron chi connectivity index (χ1n) is 7.15. The van der Waals surface area contributed by atoms with E-state index >= 15 is 0 Å². The van der Waals surface area contributed by atoms with Crippen molar-refractivity contribution in [2.24, 2.45) is 0 Å². The van der Waals surface area contributed by atoms with Crippen LogP contribution in [0, 0.1) is 0 Å². The fourth-order valence-electron chi connectivity index (χ4n) is 1.55. The van der Waals surface area contributed by atoms with E-state index in [0.717, 1.165) is 18.4 Å². The van der Waals surface area contributed by atoms with Crippen LogP contribution in [0.1, 0.15) is 39.2 Å². The Bertz CT molecular complexity index is 461. The maximum Gasteiger partial charge on any atom is 0.254 e. The molecule has 0 radical (unpaired) electrons. The largest absolute Gasteiger partial charge is 0.477 e. The second-order valence-corrected chi connectivity index (χ2v) is 5.18. The molecule has 0 spiro atoms. The highest BCUT2D eigenvalue weighted by atomic mass is 16.5. The molecule has 118 valence electrons. The molecular weight excluding hydrogens is 272 g/mol. The van der Waals surface area contributed by atoms with Crippen LogP contribution in [0.15, 0.2) is 18.3 Å². The molecule has 0 bridgehead atoms. The molecule has 0 saturated carbocycles. The van der Waals surface area contributed by atoms with Gasteiger partial charge < -0.3 is 20.3 Å². The molecule has 1 amide bonds. The van der Waals surface area contributed by atoms with E-state index in [1.165, 1.54) is 13.8 Å². The van der Waals surface area contributed by atoms with Crippen molar-refractivity contribution in [3.05, 3.63) is 23.9 Å². The lowest BCUT2D eigenvalue weighted by Gasteiger charge is -2.25. The average Bonchev–Trinajstić information content (AvgIpc) is 2.45. The predicted molar refractivity (Wildman–Crippen MR) is 78.8 cm³/mol. The number of nitrogens with one attached hydrogen (secondary N) is 1. The monoisotopic (exact) mass is 296 g/mol. The summed E-state index contributed by atoms with van der Waals surface area (Å²) in [6.07, 6.45) is 2.42. The molecule has 0 aliphatic heterocycles. The summed E-state index contributed by atoms with van der Waals surface area (Å²) in [4.78, 5) is 16.0. The molecule has 0 fully saturated rings. The Kier molecular flexibility index (Phi) is 6.58. The van der Waals surface area contributed by atoms with E-state index in [-0.39, 0.29) is 6.54 Å². The molecular formula is C15H24N2O4. The van der Waals surface area contributed by atoms with Gasteiger partial charge in [-0.2, -0.15) is 0 Å². The van der Waals surface area contributed by atoms with Crippen LogP contribution in [0.25, 0.3) is 0 Å². The van der Waals surface area contributed by atoms with Crippen LogP contribution in [0.4, 0.5) is 0 Å². The second-order valence-electron chi connectivity index (χ2n) is 5.18. The highest BCUT2D eigenvalue weighted by Gasteiger charge is 2.35. The first kappa shape index (κ1) is 17.4. The number of aliphatic hydroxyl groups excluding tert-OH is 1. The zero-order valence-electron chi connectivity index (χ0n) is 12.8. The van der Waals surface area contributed by atoms with Crippen molar-refractivity contribution in [2.75, 3.05) is 6.61 Å². The number of pyridine rings is 1. The summed E-state index contributed by atoms with van der Waals surface area (Å²) in [6.45, 7) is 5.45. The third kappa shape index (κ3) is 4.99. The number of hydrogen-bond donors (Lipinski definition) is 3. The Morgan fingerprint density at radius 2 is 2.29 bits per heavy atom. The normalized spacial score (nSPS) is 15.1. The summed E-state index contributed by atoms with van der Waals surface area (Å²) in [6, 6.07) is 3.55. The Hall–Kier alpha value is -1.66. The zero-order valence-corrected chi connectivity index (χ0v) is 12.8. The van der Waals surface area contributed by atoms with Crippen molar-refractivity contribution in [1.82, 2.24) is 10.3 Å². The maximum atomic E-state index is 11.9. The van der Waals surface area contributed by atoms with Gasteiger partial charge in [0.25, 0.3) is 5.91 Å². The SMILES string of the molecule is CCCCOc1ncccc1CNC(=O)C(C)(O)C(C)O. The number of unbranched alkanes of at least 4 members (excludes halogenated alkanes) is 1. The predicted octanol–water partition coefficient (Wildman–Crippen LogP) is 1.01. The first-order chi connectivity index (χ1) is 9.89. The third-order valence-electron chi connectivity index (χ3n) is 3.30. The zero-order chi connectivity index (χ0) is 15.9. The van der Waals surface area contributed by atoms with E-state index in [9.17, 15) is 15.0 Å². The molecule has 0 aromatic carbocycles. The summed E-state index contributed by atoms with van der Waals surface area (Å²) in [5, 5.41) is 21.9. The smallest absolute Gasteiger partial charge is 0.254 e. The van der Waals surface area contributed by atoms with Crippen LogP contribution < -0.4 is 10.1 Å². The number of carbonyl (C=O) groups excluding carboxylic acids is 1. The van der Waals surface area contributed by atoms with Crippen molar-refractivity contribution < 1.29 is 19.7 Å². The van der Waals surface area contributed by atoms with Gasteiger partial charge in [-0.05, 0) is 26.3 Å². The van der Waals surface area contributed by atoms with Gasteiger partial charge in [0.2, 0.25) is 5.88 Å². The van der Waals surface area contributed by atoms with Crippen molar-refractivity contribution >= 4 is 5.91 Å². The molecule has 0 saturated heterocycles. The Labute approximate surface area is 125 Å². The maximum absolute atomic E-state index is 11.9. The highest BCUT2D eigenvalue weighted by Crippen LogP contribution is 2.16. The van der Waals surface area contributed by atoms with Gasteiger partial charge in [0.05, 0.1) is 12.7 Å². The van der Waals surface area contributed by atoms with E-state index in [0.29, 0.717) is 12.5 Å². The number of nitrogens with zero attached hydrogens (tertiary/aromatic N) is 1. The topological polar surface area (TPSA) is 91.7 Å². The number of ether oxygens (including phenoxy) is 1. The highest BCUT2D eigenvalue weighted by molar-refractivity contribution is 5.85. The van der Waals surface area contributed by atoms with Crippen molar-refractivity contribution in [3.8, 4) is 5.88 Å². The van der Waals surface area contributed by atoms with Crippen LogP contribution in [-0.4, -0.2) is 39.4 Å². The van der Waals surface area contributed by atoms with Crippen LogP contribution in [0.3, 0.4) is 0 Å². The van der Waals surface area contributed by atoms with E-state index in [4.69, 9.17) is 4.74 Å². The summed E-state index contributed by atoms with van der Waals surface area (Å²) in [5.41, 5.74) is -1.10. The van der Waals surface area contributed by atoms with Gasteiger partial charge in [-0.1, -0.05) is 19.4 Å². The number of rotatable bonds is 8. The summed E-state index contributed by atoms with van der Waals surface area (Å²) < 4.78 is 5.57. The van der Waals surface area contributed by atoms with Gasteiger partial charge in [-0.3, -0.25) is 4.79 Å². The minimum absolute atomic E-state index is 0.178. The number of hydrogen-bond acceptors (Lipinski definition) is 5. The molecule has 1 heterocycles. The van der Waals surface area contributed by atoms with Gasteiger partial charge in [0.15, 0.2) is 5.60 Å². The van der Waals surface area contributed by atoms with Crippen LogP contribution >= 0.6 is 0 Å². The molecule has 0 aliphatic carbocycles. The minimum Gasteiger partial charge on any atom is -0.477 e. The Balaban J connectivity index is 2.65. The molecule has 1 rings (SSSR count). The van der Waals surface area contributed by atoms with Crippen LogP contribution in [0.2, 0.25) is 0 Å². The molecule has 0 aliphatic rings. The molecule has 1 aromatic rings. The minimum atomic E-state index is -1.83. The van der Waals surface area contributed by atoms with E-state index in [1.54, 1.807) is 18.3 Å². The number of aromatic nitrogens is 1. The van der Waals surface area contributed by atoms with Gasteiger partial charge in [0.1, 0.15) is 0 Å². The molecule has 2 unspecified atom stereocenters. The quantitative estimate of drug-likeness (QED) is 0.623. The van der Waals surface area contributed by atoms with Gasteiger partial charge >= 0.3 is 0 Å². The van der Waals surface area contributed by atoms with E-state index in [2.05, 4.69) is 17.2 Å². The lowest BCUT2D eigenvalue weighted by molar-refractivity contribution is -0.148. The van der Waals surface area contributed by atoms with E-state index < -0.39 is 17.6 Å². The number of amides is 1. The lowest BCUT2D eigenvalue weighted by Crippen LogP contribution is -2.51.